The number of nitrogens with one attached hydrogen (secondary N) is 2. The third-order valence-electron chi connectivity index (χ3n) is 12.3. The summed E-state index contributed by atoms with van der Waals surface area (Å²) >= 11 is 6.41. The Bertz CT molecular complexity index is 2470. The first-order valence-electron chi connectivity index (χ1n) is 18.9. The number of nitrogens with zero attached hydrogens (tertiary/aromatic N) is 2. The molecule has 0 spiro atoms. The molecule has 4 amide bonds. The van der Waals surface area contributed by atoms with Gasteiger partial charge >= 0.3 is 0 Å². The fourth-order valence-corrected chi connectivity index (χ4v) is 9.95. The number of halogens is 2. The van der Waals surface area contributed by atoms with Crippen LogP contribution >= 0.6 is 11.6 Å². The lowest BCUT2D eigenvalue weighted by Gasteiger charge is -2.50. The van der Waals surface area contributed by atoms with E-state index in [1.54, 1.807) is 50.2 Å². The van der Waals surface area contributed by atoms with Crippen molar-refractivity contribution in [1.82, 2.24) is 5.01 Å². The summed E-state index contributed by atoms with van der Waals surface area (Å²) in [4.78, 5) is 60.6. The summed E-state index contributed by atoms with van der Waals surface area (Å²) in [7, 11) is 0. The average molecular weight is 781 g/mol. The summed E-state index contributed by atoms with van der Waals surface area (Å²) in [5.41, 5.74) is 7.16. The number of allylic oxidation sites excluding steroid dienone is 2. The van der Waals surface area contributed by atoms with Crippen molar-refractivity contribution in [2.24, 2.45) is 23.7 Å². The number of imide groups is 2. The largest absolute Gasteiger partial charge is 0.507 e. The summed E-state index contributed by atoms with van der Waals surface area (Å²) in [5, 5.41) is 15.7. The molecule has 2 aliphatic carbocycles. The highest BCUT2D eigenvalue weighted by Gasteiger charge is 2.70. The number of rotatable bonds is 7. The molecule has 286 valence electrons. The van der Waals surface area contributed by atoms with Gasteiger partial charge in [0, 0.05) is 22.3 Å². The monoisotopic (exact) mass is 780 g/mol. The van der Waals surface area contributed by atoms with E-state index in [-0.39, 0.29) is 30.4 Å². The number of aromatic hydroxyl groups is 1. The van der Waals surface area contributed by atoms with Crippen LogP contribution in [0.4, 0.5) is 27.1 Å². The second-order valence-electron chi connectivity index (χ2n) is 15.4. The van der Waals surface area contributed by atoms with Crippen LogP contribution in [0.1, 0.15) is 41.0 Å². The second-order valence-corrected chi connectivity index (χ2v) is 15.9. The first-order valence-corrected chi connectivity index (χ1v) is 19.3. The fourth-order valence-electron chi connectivity index (χ4n) is 9.82. The van der Waals surface area contributed by atoms with Gasteiger partial charge in [0.15, 0.2) is 0 Å². The van der Waals surface area contributed by atoms with Crippen molar-refractivity contribution in [3.05, 3.63) is 160 Å². The lowest BCUT2D eigenvalue weighted by molar-refractivity contribution is -0.138. The Morgan fingerprint density at radius 1 is 0.754 bits per heavy atom. The van der Waals surface area contributed by atoms with Crippen LogP contribution < -0.4 is 15.6 Å². The summed E-state index contributed by atoms with van der Waals surface area (Å²) in [6.07, 6.45) is 2.37. The number of fused-ring (bicyclic) bond motifs is 4. The maximum atomic E-state index is 15.4. The van der Waals surface area contributed by atoms with E-state index in [0.717, 1.165) is 22.0 Å². The van der Waals surface area contributed by atoms with E-state index in [4.69, 9.17) is 11.6 Å². The molecule has 11 heteroatoms. The molecular weight excluding hydrogens is 743 g/mol. The van der Waals surface area contributed by atoms with Gasteiger partial charge in [-0.2, -0.15) is 5.01 Å². The number of phenolic OH excluding ortho intramolecular Hbond substituents is 1. The molecule has 5 aromatic rings. The summed E-state index contributed by atoms with van der Waals surface area (Å²) in [5.74, 6) is -5.82. The number of hydrazine groups is 1. The van der Waals surface area contributed by atoms with Gasteiger partial charge in [-0.25, -0.2) is 4.39 Å². The predicted octanol–water partition coefficient (Wildman–Crippen LogP) is 8.73. The molecule has 0 aromatic heterocycles. The molecule has 0 radical (unpaired) electrons. The zero-order valence-electron chi connectivity index (χ0n) is 31.1. The number of carbonyl (C=O) groups excluding carboxylic acids is 4. The summed E-state index contributed by atoms with van der Waals surface area (Å²) in [6.45, 7) is 3.57. The molecule has 9 nitrogen and oxygen atoms in total. The van der Waals surface area contributed by atoms with E-state index >= 15 is 4.79 Å². The molecule has 2 aliphatic heterocycles. The first kappa shape index (κ1) is 36.4. The number of carbonyl (C=O) groups is 4. The standard InChI is InChI=1S/C46H38ClFN4O5/c1-25-22-27(23-26(2)41(25)53)40-35-20-21-36-39(44(56)51(42(36)54)34-18-16-32(17-19-34)49-31-6-4-3-5-7-31)37(35)24-38-43(55)52(50-33-14-12-30(48)13-15-33)45(57)46(38,40)28-8-10-29(47)11-9-28/h3-20,22-23,36-40,49-50,53H,21,24H2,1-2H3. The van der Waals surface area contributed by atoms with Crippen molar-refractivity contribution in [2.45, 2.75) is 38.0 Å². The highest BCUT2D eigenvalue weighted by atomic mass is 35.5. The van der Waals surface area contributed by atoms with Crippen molar-refractivity contribution in [3.8, 4) is 5.75 Å². The quantitative estimate of drug-likeness (QED) is 0.112. The highest BCUT2D eigenvalue weighted by Crippen LogP contribution is 2.64. The maximum Gasteiger partial charge on any atom is 0.260 e. The zero-order valence-corrected chi connectivity index (χ0v) is 31.8. The number of aryl methyl sites for hydroxylation is 2. The number of para-hydroxylation sites is 1. The molecule has 3 fully saturated rings. The van der Waals surface area contributed by atoms with E-state index in [2.05, 4.69) is 10.7 Å². The van der Waals surface area contributed by atoms with Crippen LogP contribution in [-0.4, -0.2) is 33.7 Å². The Balaban J connectivity index is 1.17. The molecule has 1 saturated carbocycles. The Morgan fingerprint density at radius 3 is 2.05 bits per heavy atom. The third-order valence-corrected chi connectivity index (χ3v) is 12.5. The molecule has 3 N–H and O–H groups in total. The van der Waals surface area contributed by atoms with Crippen LogP contribution in [0.15, 0.2) is 127 Å². The fraction of sp³-hybridized carbons (Fsp3) is 0.217. The normalized spacial score (nSPS) is 25.2. The molecule has 9 rings (SSSR count). The minimum atomic E-state index is -1.52. The average Bonchev–Trinajstić information content (AvgIpc) is 3.59. The van der Waals surface area contributed by atoms with E-state index in [0.29, 0.717) is 38.7 Å². The number of amides is 4. The number of phenols is 1. The second kappa shape index (κ2) is 13.7. The lowest BCUT2D eigenvalue weighted by atomic mass is 9.49. The van der Waals surface area contributed by atoms with E-state index in [1.165, 1.54) is 29.2 Å². The van der Waals surface area contributed by atoms with Crippen LogP contribution in [0.25, 0.3) is 0 Å². The van der Waals surface area contributed by atoms with Gasteiger partial charge in [-0.05, 0) is 128 Å². The Kier molecular flexibility index (Phi) is 8.77. The van der Waals surface area contributed by atoms with Crippen LogP contribution in [0.3, 0.4) is 0 Å². The van der Waals surface area contributed by atoms with Gasteiger partial charge in [0.1, 0.15) is 11.6 Å². The molecule has 2 saturated heterocycles. The molecule has 2 heterocycles. The van der Waals surface area contributed by atoms with Gasteiger partial charge in [-0.1, -0.05) is 65.7 Å². The van der Waals surface area contributed by atoms with E-state index in [9.17, 15) is 23.9 Å². The van der Waals surface area contributed by atoms with Crippen LogP contribution in [0, 0.1) is 43.3 Å². The van der Waals surface area contributed by atoms with Crippen molar-refractivity contribution in [2.75, 3.05) is 15.6 Å². The summed E-state index contributed by atoms with van der Waals surface area (Å²) in [6, 6.07) is 32.8. The van der Waals surface area contributed by atoms with E-state index < -0.39 is 52.6 Å². The number of benzene rings is 5. The van der Waals surface area contributed by atoms with Crippen LogP contribution in [0.5, 0.6) is 5.75 Å². The van der Waals surface area contributed by atoms with Gasteiger partial charge in [0.05, 0.1) is 34.5 Å². The highest BCUT2D eigenvalue weighted by molar-refractivity contribution is 6.30. The first-order chi connectivity index (χ1) is 27.5. The lowest BCUT2D eigenvalue weighted by Crippen LogP contribution is -2.53. The zero-order chi connectivity index (χ0) is 39.7. The van der Waals surface area contributed by atoms with Gasteiger partial charge in [0.2, 0.25) is 11.8 Å². The van der Waals surface area contributed by atoms with Gasteiger partial charge in [-0.15, -0.1) is 0 Å². The van der Waals surface area contributed by atoms with E-state index in [1.807, 2.05) is 60.7 Å². The van der Waals surface area contributed by atoms with Gasteiger partial charge < -0.3 is 10.4 Å². The smallest absolute Gasteiger partial charge is 0.260 e. The van der Waals surface area contributed by atoms with Crippen molar-refractivity contribution < 1.29 is 28.7 Å². The van der Waals surface area contributed by atoms with Crippen molar-refractivity contribution >= 4 is 58.0 Å². The number of hydrogen-bond donors (Lipinski definition) is 3. The molecule has 5 aromatic carbocycles. The molecule has 6 atom stereocenters. The molecule has 6 unspecified atom stereocenters. The summed E-state index contributed by atoms with van der Waals surface area (Å²) < 4.78 is 13.9. The molecule has 57 heavy (non-hydrogen) atoms. The van der Waals surface area contributed by atoms with Gasteiger partial charge in [0.25, 0.3) is 11.8 Å². The van der Waals surface area contributed by atoms with Gasteiger partial charge in [-0.3, -0.25) is 29.5 Å². The van der Waals surface area contributed by atoms with Crippen molar-refractivity contribution in [3.63, 3.8) is 0 Å². The molecule has 0 bridgehead atoms. The molecule has 4 aliphatic rings. The minimum Gasteiger partial charge on any atom is -0.507 e. The maximum absolute atomic E-state index is 15.4. The number of hydrogen-bond acceptors (Lipinski definition) is 7. The Morgan fingerprint density at radius 2 is 1.39 bits per heavy atom. The number of anilines is 4. The van der Waals surface area contributed by atoms with Crippen LogP contribution in [-0.2, 0) is 24.6 Å². The topological polar surface area (TPSA) is 119 Å². The third kappa shape index (κ3) is 5.72. The Hall–Kier alpha value is -6.26. The Labute approximate surface area is 333 Å². The minimum absolute atomic E-state index is 0.112. The SMILES string of the molecule is Cc1cc(C2C3=CCC4C(=O)N(c5ccc(Nc6ccccc6)cc5)C(=O)C4C3CC3C(=O)N(Nc4ccc(F)cc4)C(=O)C32c2ccc(Cl)cc2)cc(C)c1O. The van der Waals surface area contributed by atoms with Crippen LogP contribution in [0.2, 0.25) is 5.02 Å². The van der Waals surface area contributed by atoms with Crippen molar-refractivity contribution in [1.29, 1.82) is 0 Å². The molecular formula is C46H38ClFN4O5. The predicted molar refractivity (Wildman–Crippen MR) is 215 cm³/mol.